The molecule has 0 spiro atoms. The zero-order chi connectivity index (χ0) is 24.0. The van der Waals surface area contributed by atoms with Crippen LogP contribution in [0.4, 0.5) is 0 Å². The van der Waals surface area contributed by atoms with Crippen LogP contribution < -0.4 is 0 Å². The molecule has 0 heterocycles. The zero-order valence-corrected chi connectivity index (χ0v) is 22.0. The summed E-state index contributed by atoms with van der Waals surface area (Å²) in [6.07, 6.45) is 11.2. The van der Waals surface area contributed by atoms with Crippen molar-refractivity contribution in [2.24, 2.45) is 56.7 Å². The Morgan fingerprint density at radius 3 is 2.15 bits per heavy atom. The molecule has 0 aromatic heterocycles. The minimum absolute atomic E-state index is 0.0964. The smallest absolute Gasteiger partial charge is 0.0618 e. The lowest BCUT2D eigenvalue weighted by Gasteiger charge is -2.73. The molecule has 11 atom stereocenters. The molecule has 0 unspecified atom stereocenters. The Kier molecular flexibility index (Phi) is 5.57. The number of aliphatic hydroxyl groups excluding tert-OH is 3. The van der Waals surface area contributed by atoms with Crippen molar-refractivity contribution in [3.05, 3.63) is 12.2 Å². The molecule has 0 aliphatic heterocycles. The third-order valence-electron chi connectivity index (χ3n) is 13.7. The summed E-state index contributed by atoms with van der Waals surface area (Å²) in [5.74, 6) is 2.86. The minimum atomic E-state index is -0.383. The van der Waals surface area contributed by atoms with E-state index in [0.29, 0.717) is 36.2 Å². The average molecular weight is 459 g/mol. The fourth-order valence-corrected chi connectivity index (χ4v) is 11.6. The highest BCUT2D eigenvalue weighted by Crippen LogP contribution is 2.77. The summed E-state index contributed by atoms with van der Waals surface area (Å²) < 4.78 is 0. The lowest BCUT2D eigenvalue weighted by atomic mass is 9.32. The summed E-state index contributed by atoms with van der Waals surface area (Å²) in [4.78, 5) is 0. The van der Waals surface area contributed by atoms with E-state index in [-0.39, 0.29) is 39.8 Å². The van der Waals surface area contributed by atoms with E-state index in [2.05, 4.69) is 41.2 Å². The van der Waals surface area contributed by atoms with Gasteiger partial charge in [0.05, 0.1) is 12.7 Å². The first-order chi connectivity index (χ1) is 15.4. The van der Waals surface area contributed by atoms with Crippen molar-refractivity contribution in [3.63, 3.8) is 0 Å². The van der Waals surface area contributed by atoms with Crippen molar-refractivity contribution in [2.45, 2.75) is 105 Å². The quantitative estimate of drug-likeness (QED) is 0.457. The maximum atomic E-state index is 10.9. The molecule has 5 aliphatic rings. The van der Waals surface area contributed by atoms with E-state index in [1.54, 1.807) is 0 Å². The average Bonchev–Trinajstić information content (AvgIpc) is 3.17. The molecule has 5 rings (SSSR count). The van der Waals surface area contributed by atoms with Gasteiger partial charge in [0.25, 0.3) is 0 Å². The van der Waals surface area contributed by atoms with Crippen molar-refractivity contribution in [3.8, 4) is 0 Å². The van der Waals surface area contributed by atoms with Crippen LogP contribution in [0.3, 0.4) is 0 Å². The van der Waals surface area contributed by atoms with Gasteiger partial charge in [0, 0.05) is 12.0 Å². The van der Waals surface area contributed by atoms with E-state index in [1.165, 1.54) is 50.5 Å². The Morgan fingerprint density at radius 2 is 1.52 bits per heavy atom. The van der Waals surface area contributed by atoms with Crippen molar-refractivity contribution in [2.75, 3.05) is 13.2 Å². The highest BCUT2D eigenvalue weighted by molar-refractivity contribution is 5.21. The summed E-state index contributed by atoms with van der Waals surface area (Å²) >= 11 is 0. The molecule has 3 N–H and O–H groups in total. The Balaban J connectivity index is 1.55. The second-order valence-electron chi connectivity index (χ2n) is 14.4. The number of rotatable bonds is 3. The van der Waals surface area contributed by atoms with Gasteiger partial charge >= 0.3 is 0 Å². The summed E-state index contributed by atoms with van der Waals surface area (Å²) in [5.41, 5.74) is 1.83. The van der Waals surface area contributed by atoms with Crippen molar-refractivity contribution in [1.29, 1.82) is 0 Å². The SMILES string of the molecule is C=C(C)[C@@H]1CC[C@]2(CO)CC[C@]3(C)[C@@H](CC[C@@H]4[C@@]5(C)CC[C@H](O)[C@](C)(CO)[C@H]5CC[C@]43C)[C@@H]12. The third kappa shape index (κ3) is 2.85. The van der Waals surface area contributed by atoms with Crippen LogP contribution in [0.1, 0.15) is 98.8 Å². The van der Waals surface area contributed by atoms with E-state index in [4.69, 9.17) is 0 Å². The molecule has 0 aromatic rings. The van der Waals surface area contributed by atoms with Gasteiger partial charge in [-0.05, 0) is 122 Å². The molecule has 0 saturated heterocycles. The Morgan fingerprint density at radius 1 is 0.788 bits per heavy atom. The van der Waals surface area contributed by atoms with Crippen molar-refractivity contribution >= 4 is 0 Å². The monoisotopic (exact) mass is 458 g/mol. The molecular weight excluding hydrogens is 408 g/mol. The Bertz CT molecular complexity index is 808. The first kappa shape index (κ1) is 24.3. The zero-order valence-electron chi connectivity index (χ0n) is 22.0. The van der Waals surface area contributed by atoms with Crippen LogP contribution in [-0.4, -0.2) is 34.6 Å². The predicted octanol–water partition coefficient (Wildman–Crippen LogP) is 5.97. The normalized spacial score (nSPS) is 58.1. The van der Waals surface area contributed by atoms with Gasteiger partial charge in [0.1, 0.15) is 0 Å². The fraction of sp³-hybridized carbons (Fsp3) is 0.933. The Hall–Kier alpha value is -0.380. The molecule has 0 amide bonds. The number of hydrogen-bond acceptors (Lipinski definition) is 3. The van der Waals surface area contributed by atoms with Gasteiger partial charge in [0.2, 0.25) is 0 Å². The molecule has 5 fully saturated rings. The fourth-order valence-electron chi connectivity index (χ4n) is 11.6. The highest BCUT2D eigenvalue weighted by Gasteiger charge is 2.71. The molecule has 33 heavy (non-hydrogen) atoms. The molecule has 0 bridgehead atoms. The van der Waals surface area contributed by atoms with E-state index in [1.807, 2.05) is 0 Å². The van der Waals surface area contributed by atoms with Crippen LogP contribution in [0, 0.1) is 56.7 Å². The van der Waals surface area contributed by atoms with E-state index >= 15 is 0 Å². The molecule has 5 aliphatic carbocycles. The van der Waals surface area contributed by atoms with Gasteiger partial charge in [-0.15, -0.1) is 0 Å². The van der Waals surface area contributed by atoms with E-state index in [0.717, 1.165) is 19.3 Å². The first-order valence-electron chi connectivity index (χ1n) is 14.0. The summed E-state index contributed by atoms with van der Waals surface area (Å²) in [6.45, 7) is 17.0. The van der Waals surface area contributed by atoms with Gasteiger partial charge in [-0.1, -0.05) is 39.8 Å². The van der Waals surface area contributed by atoms with Crippen molar-refractivity contribution in [1.82, 2.24) is 0 Å². The van der Waals surface area contributed by atoms with E-state index < -0.39 is 0 Å². The molecule has 5 saturated carbocycles. The lowest BCUT2D eigenvalue weighted by Crippen LogP contribution is -2.67. The largest absolute Gasteiger partial charge is 0.396 e. The molecule has 3 nitrogen and oxygen atoms in total. The van der Waals surface area contributed by atoms with E-state index in [9.17, 15) is 15.3 Å². The summed E-state index contributed by atoms with van der Waals surface area (Å²) in [5, 5.41) is 32.0. The van der Waals surface area contributed by atoms with Gasteiger partial charge in [-0.3, -0.25) is 0 Å². The molecule has 188 valence electrons. The maximum Gasteiger partial charge on any atom is 0.0618 e. The Labute approximate surface area is 202 Å². The topological polar surface area (TPSA) is 60.7 Å². The minimum Gasteiger partial charge on any atom is -0.396 e. The molecule has 0 radical (unpaired) electrons. The second-order valence-corrected chi connectivity index (χ2v) is 14.4. The number of hydrogen-bond donors (Lipinski definition) is 3. The van der Waals surface area contributed by atoms with Gasteiger partial charge in [-0.25, -0.2) is 0 Å². The number of fused-ring (bicyclic) bond motifs is 7. The maximum absolute atomic E-state index is 10.9. The van der Waals surface area contributed by atoms with Gasteiger partial charge in [0.15, 0.2) is 0 Å². The molecule has 3 heteroatoms. The van der Waals surface area contributed by atoms with Crippen LogP contribution in [0.2, 0.25) is 0 Å². The van der Waals surface area contributed by atoms with Crippen LogP contribution >= 0.6 is 0 Å². The number of allylic oxidation sites excluding steroid dienone is 1. The standard InChI is InChI=1S/C30H50O3/c1-19(2)20-9-14-30(18-32)16-15-28(5)21(25(20)30)7-8-23-26(3)12-11-24(33)27(4,17-31)22(26)10-13-29(23,28)6/h20-25,31-33H,1,7-18H2,2-6H3/t20-,21-,22-,23+,24-,25+,26-,27+,28+,29+,30+/m0/s1. The van der Waals surface area contributed by atoms with Gasteiger partial charge < -0.3 is 15.3 Å². The van der Waals surface area contributed by atoms with Crippen LogP contribution in [0.5, 0.6) is 0 Å². The van der Waals surface area contributed by atoms with Crippen LogP contribution in [0.15, 0.2) is 12.2 Å². The third-order valence-corrected chi connectivity index (χ3v) is 13.7. The highest BCUT2D eigenvalue weighted by atomic mass is 16.3. The summed E-state index contributed by atoms with van der Waals surface area (Å²) in [7, 11) is 0. The predicted molar refractivity (Wildman–Crippen MR) is 133 cm³/mol. The molecule has 0 aromatic carbocycles. The molecular formula is C30H50O3. The first-order valence-corrected chi connectivity index (χ1v) is 14.0. The van der Waals surface area contributed by atoms with Gasteiger partial charge in [-0.2, -0.15) is 0 Å². The summed E-state index contributed by atoms with van der Waals surface area (Å²) in [6, 6.07) is 0. The van der Waals surface area contributed by atoms with Crippen molar-refractivity contribution < 1.29 is 15.3 Å². The number of aliphatic hydroxyl groups is 3. The van der Waals surface area contributed by atoms with Crippen LogP contribution in [0.25, 0.3) is 0 Å². The van der Waals surface area contributed by atoms with Crippen LogP contribution in [-0.2, 0) is 0 Å². The lowest BCUT2D eigenvalue weighted by molar-refractivity contribution is -0.255. The second kappa shape index (κ2) is 7.56.